The van der Waals surface area contributed by atoms with Gasteiger partial charge in [-0.3, -0.25) is 14.4 Å². The summed E-state index contributed by atoms with van der Waals surface area (Å²) in [5.74, 6) is -2.97. The van der Waals surface area contributed by atoms with Gasteiger partial charge in [-0.15, -0.1) is 0 Å². The van der Waals surface area contributed by atoms with Gasteiger partial charge in [0.1, 0.15) is 23.9 Å². The number of amides is 3. The lowest BCUT2D eigenvalue weighted by atomic mass is 10.0. The van der Waals surface area contributed by atoms with E-state index in [1.165, 1.54) is 24.7 Å². The van der Waals surface area contributed by atoms with Gasteiger partial charge < -0.3 is 41.9 Å². The molecular formula is C32H39N7O6. The Kier molecular flexibility index (Phi) is 10.9. The number of fused-ring (bicyclic) bond motifs is 1. The monoisotopic (exact) mass is 617 g/mol. The number of nitrogens with two attached hydrogens (primary N) is 1. The first-order valence-electron chi connectivity index (χ1n) is 14.7. The van der Waals surface area contributed by atoms with Gasteiger partial charge in [-0.2, -0.15) is 0 Å². The van der Waals surface area contributed by atoms with Crippen LogP contribution in [-0.4, -0.2) is 73.0 Å². The van der Waals surface area contributed by atoms with Crippen LogP contribution in [0.15, 0.2) is 67.3 Å². The van der Waals surface area contributed by atoms with Crippen molar-refractivity contribution in [2.24, 2.45) is 11.7 Å². The number of phenolic OH excluding ortho intramolecular Hbond substituents is 1. The molecule has 4 rings (SSSR count). The van der Waals surface area contributed by atoms with Crippen molar-refractivity contribution in [2.75, 3.05) is 0 Å². The molecule has 0 fully saturated rings. The third kappa shape index (κ3) is 9.16. The van der Waals surface area contributed by atoms with Crippen LogP contribution < -0.4 is 21.7 Å². The third-order valence-electron chi connectivity index (χ3n) is 7.40. The molecule has 0 radical (unpaired) electrons. The van der Waals surface area contributed by atoms with Crippen molar-refractivity contribution < 1.29 is 29.4 Å². The van der Waals surface area contributed by atoms with E-state index in [-0.39, 0.29) is 30.9 Å². The van der Waals surface area contributed by atoms with Gasteiger partial charge in [-0.05, 0) is 41.7 Å². The van der Waals surface area contributed by atoms with E-state index >= 15 is 0 Å². The number of H-pyrrole nitrogens is 2. The molecular weight excluding hydrogens is 578 g/mol. The van der Waals surface area contributed by atoms with E-state index in [4.69, 9.17) is 5.73 Å². The smallest absolute Gasteiger partial charge is 0.326 e. The van der Waals surface area contributed by atoms with E-state index in [0.29, 0.717) is 17.7 Å². The SMILES string of the molecule is CC(C)CC(N)C(=O)NC(Cc1cnc[nH]1)C(=O)NC(Cc1c[nH]c2ccccc12)C(=O)NC(Cc1ccc(O)cc1)C(=O)O. The van der Waals surface area contributed by atoms with Crippen molar-refractivity contribution >= 4 is 34.6 Å². The maximum Gasteiger partial charge on any atom is 0.326 e. The highest BCUT2D eigenvalue weighted by Gasteiger charge is 2.31. The van der Waals surface area contributed by atoms with E-state index in [9.17, 15) is 29.4 Å². The van der Waals surface area contributed by atoms with Gasteiger partial charge in [-0.25, -0.2) is 9.78 Å². The van der Waals surface area contributed by atoms with E-state index in [2.05, 4.69) is 30.9 Å². The summed E-state index contributed by atoms with van der Waals surface area (Å²) in [6.07, 6.45) is 5.14. The standard InChI is InChI=1S/C32H39N7O6/c1-18(2)11-24(33)29(41)37-27(14-21-16-34-17-36-21)31(43)38-26(13-20-15-35-25-6-4-3-5-23(20)25)30(42)39-28(32(44)45)12-19-7-9-22(40)10-8-19/h3-10,15-18,24,26-28,35,40H,11-14,33H2,1-2H3,(H,34,36)(H,37,41)(H,38,43)(H,39,42)(H,44,45). The Labute approximate surface area is 260 Å². The van der Waals surface area contributed by atoms with Gasteiger partial charge in [0.25, 0.3) is 0 Å². The van der Waals surface area contributed by atoms with Crippen molar-refractivity contribution in [1.82, 2.24) is 30.9 Å². The van der Waals surface area contributed by atoms with E-state index in [1.807, 2.05) is 38.1 Å². The Hall–Kier alpha value is -5.17. The lowest BCUT2D eigenvalue weighted by molar-refractivity contribution is -0.142. The fraction of sp³-hybridized carbons (Fsp3) is 0.344. The molecule has 0 aliphatic rings. The number of aromatic amines is 2. The number of rotatable bonds is 15. The van der Waals surface area contributed by atoms with Crippen molar-refractivity contribution in [3.05, 3.63) is 84.1 Å². The first-order valence-corrected chi connectivity index (χ1v) is 14.7. The normalized spacial score (nSPS) is 14.0. The number of phenols is 1. The van der Waals surface area contributed by atoms with Gasteiger partial charge in [0.05, 0.1) is 12.4 Å². The number of aromatic nitrogens is 3. The minimum absolute atomic E-state index is 0.0260. The highest BCUT2D eigenvalue weighted by atomic mass is 16.4. The van der Waals surface area contributed by atoms with Gasteiger partial charge in [0.2, 0.25) is 17.7 Å². The number of carboxylic acids is 1. The Morgan fingerprint density at radius 3 is 2.13 bits per heavy atom. The van der Waals surface area contributed by atoms with Crippen LogP contribution in [0.25, 0.3) is 10.9 Å². The van der Waals surface area contributed by atoms with E-state index in [1.54, 1.807) is 18.3 Å². The molecule has 0 aliphatic heterocycles. The van der Waals surface area contributed by atoms with Crippen molar-refractivity contribution in [2.45, 2.75) is 63.7 Å². The molecule has 3 amide bonds. The molecule has 0 spiro atoms. The number of hydrogen-bond donors (Lipinski definition) is 8. The number of carboxylic acid groups (broad SMARTS) is 1. The summed E-state index contributed by atoms with van der Waals surface area (Å²) in [4.78, 5) is 62.7. The largest absolute Gasteiger partial charge is 0.508 e. The maximum absolute atomic E-state index is 13.8. The molecule has 2 aromatic carbocycles. The van der Waals surface area contributed by atoms with Gasteiger partial charge >= 0.3 is 5.97 Å². The maximum atomic E-state index is 13.8. The summed E-state index contributed by atoms with van der Waals surface area (Å²) in [5.41, 5.74) is 8.80. The zero-order valence-electron chi connectivity index (χ0n) is 25.1. The molecule has 0 saturated heterocycles. The average molecular weight is 618 g/mol. The summed E-state index contributed by atoms with van der Waals surface area (Å²) in [6.45, 7) is 3.86. The van der Waals surface area contributed by atoms with Crippen LogP contribution in [0.1, 0.15) is 37.1 Å². The highest BCUT2D eigenvalue weighted by molar-refractivity contribution is 5.95. The van der Waals surface area contributed by atoms with Crippen LogP contribution in [0.4, 0.5) is 0 Å². The minimum atomic E-state index is -1.32. The number of benzene rings is 2. The number of nitrogens with one attached hydrogen (secondary N) is 5. The zero-order chi connectivity index (χ0) is 32.5. The third-order valence-corrected chi connectivity index (χ3v) is 7.40. The van der Waals surface area contributed by atoms with Gasteiger partial charge in [-0.1, -0.05) is 44.2 Å². The molecule has 9 N–H and O–H groups in total. The quantitative estimate of drug-likeness (QED) is 0.0977. The minimum Gasteiger partial charge on any atom is -0.508 e. The van der Waals surface area contributed by atoms with Crippen LogP contribution in [0.3, 0.4) is 0 Å². The summed E-state index contributed by atoms with van der Waals surface area (Å²) < 4.78 is 0. The van der Waals surface area contributed by atoms with E-state index in [0.717, 1.165) is 16.5 Å². The first-order chi connectivity index (χ1) is 21.5. The lowest BCUT2D eigenvalue weighted by Crippen LogP contribution is -2.58. The van der Waals surface area contributed by atoms with Crippen molar-refractivity contribution in [3.63, 3.8) is 0 Å². The summed E-state index contributed by atoms with van der Waals surface area (Å²) >= 11 is 0. The number of carbonyl (C=O) groups is 4. The Morgan fingerprint density at radius 2 is 1.49 bits per heavy atom. The second-order valence-electron chi connectivity index (χ2n) is 11.5. The Balaban J connectivity index is 1.59. The fourth-order valence-electron chi connectivity index (χ4n) is 5.06. The first kappa shape index (κ1) is 32.7. The topological polar surface area (TPSA) is 215 Å². The van der Waals surface area contributed by atoms with Crippen LogP contribution >= 0.6 is 0 Å². The van der Waals surface area contributed by atoms with Crippen LogP contribution in [0, 0.1) is 5.92 Å². The Bertz CT molecular complexity index is 1600. The Morgan fingerprint density at radius 1 is 0.844 bits per heavy atom. The van der Waals surface area contributed by atoms with Gasteiger partial charge in [0, 0.05) is 48.3 Å². The number of aliphatic carboxylic acids is 1. The summed E-state index contributed by atoms with van der Waals surface area (Å²) in [7, 11) is 0. The zero-order valence-corrected chi connectivity index (χ0v) is 25.1. The molecule has 0 aliphatic carbocycles. The van der Waals surface area contributed by atoms with Crippen molar-refractivity contribution in [3.8, 4) is 5.75 Å². The molecule has 4 atom stereocenters. The summed E-state index contributed by atoms with van der Waals surface area (Å²) in [5, 5.41) is 28.4. The molecule has 4 aromatic rings. The van der Waals surface area contributed by atoms with Crippen LogP contribution in [0.5, 0.6) is 5.75 Å². The molecule has 0 bridgehead atoms. The molecule has 0 saturated carbocycles. The summed E-state index contributed by atoms with van der Waals surface area (Å²) in [6, 6.07) is 8.97. The number of carbonyl (C=O) groups excluding carboxylic acids is 3. The molecule has 2 heterocycles. The number of hydrogen-bond acceptors (Lipinski definition) is 7. The molecule has 2 aromatic heterocycles. The fourth-order valence-corrected chi connectivity index (χ4v) is 5.06. The average Bonchev–Trinajstić information content (AvgIpc) is 3.66. The van der Waals surface area contributed by atoms with Gasteiger partial charge in [0.15, 0.2) is 0 Å². The number of nitrogens with zero attached hydrogens (tertiary/aromatic N) is 1. The van der Waals surface area contributed by atoms with E-state index < -0.39 is 47.9 Å². The molecule has 13 nitrogen and oxygen atoms in total. The lowest BCUT2D eigenvalue weighted by Gasteiger charge is -2.25. The number of para-hydroxylation sites is 1. The second kappa shape index (κ2) is 15.0. The molecule has 13 heteroatoms. The number of aromatic hydroxyl groups is 1. The molecule has 4 unspecified atom stereocenters. The van der Waals surface area contributed by atoms with Crippen molar-refractivity contribution in [1.29, 1.82) is 0 Å². The predicted octanol–water partition coefficient (Wildman–Crippen LogP) is 1.54. The predicted molar refractivity (Wildman–Crippen MR) is 167 cm³/mol. The number of imidazole rings is 1. The molecule has 45 heavy (non-hydrogen) atoms. The van der Waals surface area contributed by atoms with Crippen LogP contribution in [-0.2, 0) is 38.4 Å². The second-order valence-corrected chi connectivity index (χ2v) is 11.5. The van der Waals surface area contributed by atoms with Crippen LogP contribution in [0.2, 0.25) is 0 Å². The highest BCUT2D eigenvalue weighted by Crippen LogP contribution is 2.20. The molecule has 238 valence electrons.